The van der Waals surface area contributed by atoms with Crippen molar-refractivity contribution in [3.05, 3.63) is 26.7 Å². The van der Waals surface area contributed by atoms with Gasteiger partial charge < -0.3 is 19.0 Å². The molecule has 1 aromatic rings. The molecule has 0 amide bonds. The monoisotopic (exact) mass is 334 g/mol. The van der Waals surface area contributed by atoms with E-state index in [2.05, 4.69) is 20.3 Å². The van der Waals surface area contributed by atoms with Gasteiger partial charge in [0, 0.05) is 18.6 Å². The number of halogens is 1. The Bertz CT molecular complexity index is 519. The first-order chi connectivity index (χ1) is 8.76. The van der Waals surface area contributed by atoms with Crippen molar-refractivity contribution in [1.82, 2.24) is 0 Å². The Morgan fingerprint density at radius 1 is 1.47 bits per heavy atom. The van der Waals surface area contributed by atoms with Crippen molar-refractivity contribution >= 4 is 21.9 Å². The van der Waals surface area contributed by atoms with Gasteiger partial charge in [0.15, 0.2) is 0 Å². The summed E-state index contributed by atoms with van der Waals surface area (Å²) in [6.45, 7) is 4.52. The summed E-state index contributed by atoms with van der Waals surface area (Å²) in [5.41, 5.74) is -1.12. The summed E-state index contributed by atoms with van der Waals surface area (Å²) in [6.07, 6.45) is 0. The van der Waals surface area contributed by atoms with Crippen LogP contribution in [0.3, 0.4) is 0 Å². The van der Waals surface area contributed by atoms with Crippen molar-refractivity contribution in [3.8, 4) is 5.75 Å². The highest BCUT2D eigenvalue weighted by molar-refractivity contribution is 9.10. The first kappa shape index (κ1) is 15.7. The Morgan fingerprint density at radius 3 is 2.58 bits per heavy atom. The molecule has 19 heavy (non-hydrogen) atoms. The van der Waals surface area contributed by atoms with E-state index < -0.39 is 17.4 Å². The Morgan fingerprint density at radius 2 is 2.11 bits per heavy atom. The molecule has 1 aromatic heterocycles. The summed E-state index contributed by atoms with van der Waals surface area (Å²) in [5, 5.41) is 8.74. The average molecular weight is 335 g/mol. The molecule has 0 radical (unpaired) electrons. The molecule has 1 N–H and O–H groups in total. The normalized spacial score (nSPS) is 11.4. The van der Waals surface area contributed by atoms with Gasteiger partial charge in [-0.15, -0.1) is 0 Å². The zero-order valence-electron chi connectivity index (χ0n) is 10.9. The zero-order valence-corrected chi connectivity index (χ0v) is 12.4. The van der Waals surface area contributed by atoms with Crippen LogP contribution in [0.4, 0.5) is 0 Å². The van der Waals surface area contributed by atoms with Crippen LogP contribution in [-0.2, 0) is 4.74 Å². The molecule has 0 aliphatic rings. The molecule has 0 bridgehead atoms. The summed E-state index contributed by atoms with van der Waals surface area (Å²) in [4.78, 5) is 22.3. The van der Waals surface area contributed by atoms with E-state index in [1.165, 1.54) is 6.07 Å². The fourth-order valence-electron chi connectivity index (χ4n) is 1.39. The number of aromatic carboxylic acids is 1. The van der Waals surface area contributed by atoms with E-state index in [-0.39, 0.29) is 22.2 Å². The highest BCUT2D eigenvalue weighted by atomic mass is 79.9. The van der Waals surface area contributed by atoms with Crippen LogP contribution in [-0.4, -0.2) is 31.4 Å². The van der Waals surface area contributed by atoms with Crippen LogP contribution in [0, 0.1) is 5.41 Å². The number of hydrogen-bond donors (Lipinski definition) is 1. The maximum Gasteiger partial charge on any atom is 0.380 e. The lowest BCUT2D eigenvalue weighted by molar-refractivity contribution is 0.0610. The van der Waals surface area contributed by atoms with Gasteiger partial charge in [-0.25, -0.2) is 9.59 Å². The molecule has 0 unspecified atom stereocenters. The molecule has 7 heteroatoms. The van der Waals surface area contributed by atoms with E-state index in [1.54, 1.807) is 7.11 Å². The second kappa shape index (κ2) is 6.21. The standard InChI is InChI=1S/C12H15BrO6/c1-12(2,5-17-3)6-18-9-7(13)4-8(10(14)15)19-11(9)16/h4H,5-6H2,1-3H3,(H,14,15). The maximum absolute atomic E-state index is 11.6. The second-order valence-corrected chi connectivity index (χ2v) is 5.62. The molecule has 0 fully saturated rings. The quantitative estimate of drug-likeness (QED) is 0.857. The molecule has 0 saturated carbocycles. The van der Waals surface area contributed by atoms with Crippen molar-refractivity contribution in [1.29, 1.82) is 0 Å². The van der Waals surface area contributed by atoms with Crippen LogP contribution in [0.1, 0.15) is 24.4 Å². The van der Waals surface area contributed by atoms with Crippen molar-refractivity contribution in [3.63, 3.8) is 0 Å². The predicted molar refractivity (Wildman–Crippen MR) is 70.8 cm³/mol. The molecule has 0 aliphatic heterocycles. The maximum atomic E-state index is 11.6. The van der Waals surface area contributed by atoms with Gasteiger partial charge >= 0.3 is 11.6 Å². The topological polar surface area (TPSA) is 86.0 Å². The third-order valence-corrected chi connectivity index (χ3v) is 2.80. The first-order valence-electron chi connectivity index (χ1n) is 5.45. The fraction of sp³-hybridized carbons (Fsp3) is 0.500. The number of carboxylic acid groups (broad SMARTS) is 1. The van der Waals surface area contributed by atoms with Gasteiger partial charge in [0.2, 0.25) is 11.5 Å². The van der Waals surface area contributed by atoms with Gasteiger partial charge in [-0.3, -0.25) is 0 Å². The summed E-state index contributed by atoms with van der Waals surface area (Å²) in [7, 11) is 1.58. The van der Waals surface area contributed by atoms with E-state index in [9.17, 15) is 9.59 Å². The molecule has 6 nitrogen and oxygen atoms in total. The van der Waals surface area contributed by atoms with Crippen LogP contribution in [0.5, 0.6) is 5.75 Å². The van der Waals surface area contributed by atoms with Crippen LogP contribution >= 0.6 is 15.9 Å². The van der Waals surface area contributed by atoms with Gasteiger partial charge in [-0.1, -0.05) is 13.8 Å². The van der Waals surface area contributed by atoms with E-state index >= 15 is 0 Å². The lowest BCUT2D eigenvalue weighted by atomic mass is 9.96. The number of carbonyl (C=O) groups is 1. The summed E-state index contributed by atoms with van der Waals surface area (Å²) in [6, 6.07) is 1.18. The molecule has 0 saturated heterocycles. The van der Waals surface area contributed by atoms with Crippen molar-refractivity contribution < 1.29 is 23.8 Å². The number of rotatable bonds is 6. The van der Waals surface area contributed by atoms with Gasteiger partial charge in [-0.2, -0.15) is 0 Å². The minimum Gasteiger partial charge on any atom is -0.485 e. The second-order valence-electron chi connectivity index (χ2n) is 4.77. The number of carboxylic acids is 1. The highest BCUT2D eigenvalue weighted by Crippen LogP contribution is 2.24. The lowest BCUT2D eigenvalue weighted by Gasteiger charge is -2.23. The molecular weight excluding hydrogens is 320 g/mol. The summed E-state index contributed by atoms with van der Waals surface area (Å²) in [5.74, 6) is -1.81. The van der Waals surface area contributed by atoms with Gasteiger partial charge in [0.1, 0.15) is 0 Å². The van der Waals surface area contributed by atoms with Crippen LogP contribution in [0.2, 0.25) is 0 Å². The summed E-state index contributed by atoms with van der Waals surface area (Å²) >= 11 is 3.09. The number of ether oxygens (including phenoxy) is 2. The minimum atomic E-state index is -1.32. The highest BCUT2D eigenvalue weighted by Gasteiger charge is 2.22. The van der Waals surface area contributed by atoms with Crippen LogP contribution in [0.25, 0.3) is 0 Å². The zero-order chi connectivity index (χ0) is 14.6. The number of methoxy groups -OCH3 is 1. The fourth-order valence-corrected chi connectivity index (χ4v) is 1.87. The minimum absolute atomic E-state index is 0.0471. The lowest BCUT2D eigenvalue weighted by Crippen LogP contribution is -2.28. The van der Waals surface area contributed by atoms with Gasteiger partial charge in [-0.05, 0) is 15.9 Å². The molecule has 1 rings (SSSR count). The van der Waals surface area contributed by atoms with E-state index in [0.29, 0.717) is 6.61 Å². The van der Waals surface area contributed by atoms with Crippen LogP contribution in [0.15, 0.2) is 19.8 Å². The van der Waals surface area contributed by atoms with E-state index in [4.69, 9.17) is 14.6 Å². The largest absolute Gasteiger partial charge is 0.485 e. The van der Waals surface area contributed by atoms with Gasteiger partial charge in [0.05, 0.1) is 17.7 Å². The average Bonchev–Trinajstić information content (AvgIpc) is 2.27. The molecular formula is C12H15BrO6. The Hall–Kier alpha value is -1.34. The predicted octanol–water partition coefficient (Wildman–Crippen LogP) is 2.15. The molecule has 1 heterocycles. The smallest absolute Gasteiger partial charge is 0.380 e. The Balaban J connectivity index is 2.91. The van der Waals surface area contributed by atoms with Crippen molar-refractivity contribution in [2.45, 2.75) is 13.8 Å². The van der Waals surface area contributed by atoms with Crippen LogP contribution < -0.4 is 10.4 Å². The van der Waals surface area contributed by atoms with E-state index in [0.717, 1.165) is 0 Å². The molecule has 0 spiro atoms. The van der Waals surface area contributed by atoms with Gasteiger partial charge in [0.25, 0.3) is 0 Å². The third-order valence-electron chi connectivity index (χ3n) is 2.22. The Kier molecular flexibility index (Phi) is 5.13. The third kappa shape index (κ3) is 4.36. The molecule has 0 aliphatic carbocycles. The SMILES string of the molecule is COCC(C)(C)COc1c(Br)cc(C(=O)O)oc1=O. The van der Waals surface area contributed by atoms with Crippen molar-refractivity contribution in [2.24, 2.45) is 5.41 Å². The first-order valence-corrected chi connectivity index (χ1v) is 6.25. The summed E-state index contributed by atoms with van der Waals surface area (Å²) < 4.78 is 15.3. The Labute approximate surface area is 118 Å². The molecule has 106 valence electrons. The number of hydrogen-bond acceptors (Lipinski definition) is 5. The van der Waals surface area contributed by atoms with Crippen molar-refractivity contribution in [2.75, 3.05) is 20.3 Å². The van der Waals surface area contributed by atoms with E-state index in [1.807, 2.05) is 13.8 Å². The molecule has 0 aromatic carbocycles. The molecule has 0 atom stereocenters.